The molecule has 2 atom stereocenters. The number of nitrogens with zero attached hydrogens (tertiary/aromatic N) is 1. The number of rotatable bonds is 15. The lowest BCUT2D eigenvalue weighted by atomic mass is 9.99. The number of aliphatic hydroxyl groups is 1. The molecule has 1 heterocycles. The van der Waals surface area contributed by atoms with Gasteiger partial charge in [0.25, 0.3) is 5.91 Å². The quantitative estimate of drug-likeness (QED) is 0.0915. The SMILES string of the molecule is O=C(N[C@H](CN1CCCC1)[C@H](O)c1ccc(OC2CC2)c(Cl)c1)C(F)(F)CCc1ccc2ccccc2c1.O=C(O)C(F)(F)CCc1ccc2ccccc2c1. The Labute approximate surface area is 328 Å². The molecular weight excluding hydrogens is 748 g/mol. The van der Waals surface area contributed by atoms with Crippen LogP contribution in [0.5, 0.6) is 5.75 Å². The first-order chi connectivity index (χ1) is 26.8. The summed E-state index contributed by atoms with van der Waals surface area (Å²) in [5.41, 5.74) is 1.91. The Balaban J connectivity index is 0.000000247. The van der Waals surface area contributed by atoms with Crippen LogP contribution in [0.25, 0.3) is 21.5 Å². The minimum Gasteiger partial charge on any atom is -0.489 e. The molecule has 1 aliphatic heterocycles. The molecule has 1 saturated heterocycles. The molecule has 2 aliphatic rings. The van der Waals surface area contributed by atoms with Gasteiger partial charge in [-0.15, -0.1) is 0 Å². The Morgan fingerprint density at radius 1 is 0.768 bits per heavy atom. The van der Waals surface area contributed by atoms with Crippen molar-refractivity contribution in [3.05, 3.63) is 125 Å². The van der Waals surface area contributed by atoms with Crippen LogP contribution >= 0.6 is 11.6 Å². The van der Waals surface area contributed by atoms with Crippen molar-refractivity contribution in [2.75, 3.05) is 19.6 Å². The van der Waals surface area contributed by atoms with Crippen LogP contribution in [-0.4, -0.2) is 70.6 Å². The van der Waals surface area contributed by atoms with Gasteiger partial charge in [-0.3, -0.25) is 4.79 Å². The number of hydrogen-bond acceptors (Lipinski definition) is 5. The molecule has 1 amide bonds. The number of carbonyl (C=O) groups excluding carboxylic acids is 1. The van der Waals surface area contributed by atoms with Crippen LogP contribution in [0.2, 0.25) is 5.02 Å². The number of aryl methyl sites for hydroxylation is 2. The minimum absolute atomic E-state index is 0.0458. The number of carboxylic acid groups (broad SMARTS) is 1. The zero-order valence-electron chi connectivity index (χ0n) is 30.8. The summed E-state index contributed by atoms with van der Waals surface area (Å²) in [6, 6.07) is 30.4. The van der Waals surface area contributed by atoms with Gasteiger partial charge in [0.05, 0.1) is 17.2 Å². The molecule has 7 nitrogen and oxygen atoms in total. The van der Waals surface area contributed by atoms with E-state index in [4.69, 9.17) is 21.4 Å². The van der Waals surface area contributed by atoms with Gasteiger partial charge < -0.3 is 25.2 Å². The van der Waals surface area contributed by atoms with E-state index in [1.54, 1.807) is 24.3 Å². The molecule has 296 valence electrons. The summed E-state index contributed by atoms with van der Waals surface area (Å²) >= 11 is 6.38. The van der Waals surface area contributed by atoms with Gasteiger partial charge in [-0.05, 0) is 102 Å². The Hall–Kier alpha value is -4.71. The van der Waals surface area contributed by atoms with Crippen LogP contribution < -0.4 is 10.1 Å². The molecule has 56 heavy (non-hydrogen) atoms. The average Bonchev–Trinajstić information content (AvgIpc) is 3.87. The molecule has 5 aromatic carbocycles. The summed E-state index contributed by atoms with van der Waals surface area (Å²) in [6.45, 7) is 1.87. The number of carbonyl (C=O) groups is 2. The van der Waals surface area contributed by atoms with Crippen molar-refractivity contribution in [2.45, 2.75) is 81.5 Å². The first-order valence-corrected chi connectivity index (χ1v) is 19.3. The average molecular weight is 793 g/mol. The predicted molar refractivity (Wildman–Crippen MR) is 210 cm³/mol. The zero-order valence-corrected chi connectivity index (χ0v) is 31.5. The number of hydrogen-bond donors (Lipinski definition) is 3. The van der Waals surface area contributed by atoms with E-state index >= 15 is 8.78 Å². The van der Waals surface area contributed by atoms with Crippen LogP contribution in [0.15, 0.2) is 103 Å². The monoisotopic (exact) mass is 792 g/mol. The van der Waals surface area contributed by atoms with Crippen molar-refractivity contribution in [1.29, 1.82) is 0 Å². The van der Waals surface area contributed by atoms with Crippen molar-refractivity contribution in [2.24, 2.45) is 0 Å². The molecule has 7 rings (SSSR count). The zero-order chi connectivity index (χ0) is 39.9. The van der Waals surface area contributed by atoms with Gasteiger partial charge in [-0.2, -0.15) is 17.6 Å². The van der Waals surface area contributed by atoms with E-state index in [2.05, 4.69) is 10.2 Å². The summed E-state index contributed by atoms with van der Waals surface area (Å²) in [5.74, 6) is -10.2. The third kappa shape index (κ3) is 11.0. The molecule has 0 bridgehead atoms. The fourth-order valence-electron chi connectivity index (χ4n) is 6.75. The number of carboxylic acids is 1. The third-order valence-corrected chi connectivity index (χ3v) is 10.5. The van der Waals surface area contributed by atoms with Gasteiger partial charge >= 0.3 is 17.8 Å². The molecular formula is C44H45ClF4N2O5. The summed E-state index contributed by atoms with van der Waals surface area (Å²) in [5, 5.41) is 26.4. The van der Waals surface area contributed by atoms with Gasteiger partial charge in [0, 0.05) is 19.4 Å². The summed E-state index contributed by atoms with van der Waals surface area (Å²) < 4.78 is 61.8. The molecule has 0 aromatic heterocycles. The number of nitrogens with one attached hydrogen (secondary N) is 1. The van der Waals surface area contributed by atoms with E-state index in [0.717, 1.165) is 71.4 Å². The van der Waals surface area contributed by atoms with Crippen molar-refractivity contribution >= 4 is 45.0 Å². The number of halogens is 5. The Morgan fingerprint density at radius 3 is 1.82 bits per heavy atom. The maximum absolute atomic E-state index is 15.1. The topological polar surface area (TPSA) is 99.1 Å². The lowest BCUT2D eigenvalue weighted by Crippen LogP contribution is -2.51. The Morgan fingerprint density at radius 2 is 1.30 bits per heavy atom. The number of benzene rings is 5. The van der Waals surface area contributed by atoms with Crippen LogP contribution in [0, 0.1) is 0 Å². The molecule has 5 aromatic rings. The number of aliphatic carboxylic acids is 1. The fraction of sp³-hybridized carbons (Fsp3) is 0.364. The first-order valence-electron chi connectivity index (χ1n) is 18.9. The number of amides is 1. The molecule has 2 fully saturated rings. The van der Waals surface area contributed by atoms with Gasteiger partial charge in [0.1, 0.15) is 11.9 Å². The minimum atomic E-state index is -3.66. The van der Waals surface area contributed by atoms with Crippen LogP contribution in [0.3, 0.4) is 0 Å². The Kier molecular flexibility index (Phi) is 13.2. The van der Waals surface area contributed by atoms with E-state index in [1.165, 1.54) is 0 Å². The highest BCUT2D eigenvalue weighted by Gasteiger charge is 2.41. The maximum atomic E-state index is 15.1. The summed E-state index contributed by atoms with van der Waals surface area (Å²) in [6.07, 6.45) is 1.73. The maximum Gasteiger partial charge on any atom is 0.374 e. The highest BCUT2D eigenvalue weighted by molar-refractivity contribution is 6.32. The molecule has 1 aliphatic carbocycles. The number of alkyl halides is 4. The van der Waals surface area contributed by atoms with Crippen molar-refractivity contribution in [3.63, 3.8) is 0 Å². The van der Waals surface area contributed by atoms with Gasteiger partial charge in [0.2, 0.25) is 0 Å². The van der Waals surface area contributed by atoms with Crippen molar-refractivity contribution < 1.29 is 42.1 Å². The number of ether oxygens (including phenoxy) is 1. The van der Waals surface area contributed by atoms with E-state index in [1.807, 2.05) is 78.9 Å². The van der Waals surface area contributed by atoms with E-state index < -0.39 is 48.7 Å². The third-order valence-electron chi connectivity index (χ3n) is 10.2. The molecule has 0 unspecified atom stereocenters. The molecule has 3 N–H and O–H groups in total. The second-order valence-electron chi connectivity index (χ2n) is 14.6. The van der Waals surface area contributed by atoms with Gasteiger partial charge in [-0.1, -0.05) is 103 Å². The molecule has 0 spiro atoms. The largest absolute Gasteiger partial charge is 0.489 e. The molecule has 1 saturated carbocycles. The van der Waals surface area contributed by atoms with Gasteiger partial charge in [-0.25, -0.2) is 4.79 Å². The van der Waals surface area contributed by atoms with E-state index in [0.29, 0.717) is 16.3 Å². The first kappa shape index (κ1) is 40.9. The second kappa shape index (κ2) is 18.0. The predicted octanol–water partition coefficient (Wildman–Crippen LogP) is 9.41. The lowest BCUT2D eigenvalue weighted by Gasteiger charge is -2.30. The number of fused-ring (bicyclic) bond motifs is 2. The molecule has 12 heteroatoms. The Bertz CT molecular complexity index is 2140. The van der Waals surface area contributed by atoms with Crippen LogP contribution in [0.1, 0.15) is 61.3 Å². The number of aliphatic hydroxyl groups excluding tert-OH is 1. The highest BCUT2D eigenvalue weighted by atomic mass is 35.5. The summed E-state index contributed by atoms with van der Waals surface area (Å²) in [4.78, 5) is 25.2. The summed E-state index contributed by atoms with van der Waals surface area (Å²) in [7, 11) is 0. The van der Waals surface area contributed by atoms with Crippen LogP contribution in [0.4, 0.5) is 17.6 Å². The van der Waals surface area contributed by atoms with E-state index in [-0.39, 0.29) is 25.5 Å². The second-order valence-corrected chi connectivity index (χ2v) is 15.0. The fourth-order valence-corrected chi connectivity index (χ4v) is 6.98. The van der Waals surface area contributed by atoms with Crippen molar-refractivity contribution in [3.8, 4) is 5.75 Å². The lowest BCUT2D eigenvalue weighted by molar-refractivity contribution is -0.165. The van der Waals surface area contributed by atoms with Crippen LogP contribution in [-0.2, 0) is 22.4 Å². The van der Waals surface area contributed by atoms with Crippen molar-refractivity contribution in [1.82, 2.24) is 10.2 Å². The highest BCUT2D eigenvalue weighted by Crippen LogP contribution is 2.35. The standard InChI is InChI=1S/C30H33ClF2N2O3.C14H12F2O2/c31-25-18-23(9-12-27(25)38-24-10-11-24)28(36)26(19-35-15-3-4-16-35)34-29(37)30(32,33)14-13-20-7-8-21-5-1-2-6-22(21)17-20;15-14(16,13(17)18)8-7-10-5-6-11-3-1-2-4-12(11)9-10/h1-2,5-9,12,17-18,24,26,28,36H,3-4,10-11,13-16,19H2,(H,34,37);1-6,9H,7-8H2,(H,17,18)/t26-,28-;/m1./s1. The smallest absolute Gasteiger partial charge is 0.374 e. The normalized spacial score (nSPS) is 15.9. The van der Waals surface area contributed by atoms with E-state index in [9.17, 15) is 23.5 Å². The molecule has 0 radical (unpaired) electrons. The number of likely N-dealkylation sites (tertiary alicyclic amines) is 1. The van der Waals surface area contributed by atoms with Gasteiger partial charge in [0.15, 0.2) is 0 Å².